The van der Waals surface area contributed by atoms with Crippen molar-refractivity contribution in [3.05, 3.63) is 65.7 Å². The molecule has 0 bridgehead atoms. The zero-order valence-corrected chi connectivity index (χ0v) is 14.1. The summed E-state index contributed by atoms with van der Waals surface area (Å²) >= 11 is 0. The molecule has 1 unspecified atom stereocenters. The molecular weight excluding hydrogens is 332 g/mol. The monoisotopic (exact) mass is 352 g/mol. The van der Waals surface area contributed by atoms with Crippen LogP contribution >= 0.6 is 0 Å². The van der Waals surface area contributed by atoms with E-state index in [1.54, 1.807) is 48.5 Å². The summed E-state index contributed by atoms with van der Waals surface area (Å²) in [7, 11) is 0. The number of carboxylic acid groups (broad SMARTS) is 1. The van der Waals surface area contributed by atoms with Gasteiger partial charge < -0.3 is 15.7 Å². The molecule has 1 aliphatic rings. The average molecular weight is 352 g/mol. The molecule has 0 heterocycles. The number of nitrogens with one attached hydrogen (secondary N) is 2. The number of hydrogen-bond acceptors (Lipinski definition) is 3. The fraction of sp³-hybridized carbons (Fsp3) is 0.250. The van der Waals surface area contributed by atoms with E-state index in [0.717, 1.165) is 18.4 Å². The normalized spacial score (nSPS) is 14.3. The third-order valence-electron chi connectivity index (χ3n) is 4.23. The van der Waals surface area contributed by atoms with E-state index in [1.165, 1.54) is 0 Å². The topological polar surface area (TPSA) is 95.5 Å². The summed E-state index contributed by atoms with van der Waals surface area (Å²) in [5, 5.41) is 14.7. The minimum absolute atomic E-state index is 0.0319. The van der Waals surface area contributed by atoms with E-state index in [2.05, 4.69) is 10.6 Å². The SMILES string of the molecule is O=C(O)CC(NC(=O)c1cccc(NC(=O)C2CC2)c1)c1ccccc1. The van der Waals surface area contributed by atoms with Crippen molar-refractivity contribution in [2.75, 3.05) is 5.32 Å². The molecule has 6 nitrogen and oxygen atoms in total. The Bertz CT molecular complexity index is 816. The number of benzene rings is 2. The third-order valence-corrected chi connectivity index (χ3v) is 4.23. The zero-order valence-electron chi connectivity index (χ0n) is 14.1. The lowest BCUT2D eigenvalue weighted by atomic mass is 10.0. The summed E-state index contributed by atoms with van der Waals surface area (Å²) in [5.74, 6) is -1.34. The standard InChI is InChI=1S/C20H20N2O4/c23-18(24)12-17(13-5-2-1-3-6-13)22-20(26)15-7-4-8-16(11-15)21-19(25)14-9-10-14/h1-8,11,14,17H,9-10,12H2,(H,21,25)(H,22,26)(H,23,24). The fourth-order valence-electron chi connectivity index (χ4n) is 2.68. The Morgan fingerprint density at radius 1 is 1.04 bits per heavy atom. The first-order valence-electron chi connectivity index (χ1n) is 8.51. The quantitative estimate of drug-likeness (QED) is 0.714. The molecule has 1 atom stereocenters. The predicted molar refractivity (Wildman–Crippen MR) is 96.7 cm³/mol. The zero-order chi connectivity index (χ0) is 18.5. The summed E-state index contributed by atoms with van der Waals surface area (Å²) in [6.45, 7) is 0. The average Bonchev–Trinajstić information content (AvgIpc) is 3.47. The second-order valence-electron chi connectivity index (χ2n) is 6.38. The molecule has 6 heteroatoms. The van der Waals surface area contributed by atoms with E-state index in [-0.39, 0.29) is 24.2 Å². The van der Waals surface area contributed by atoms with Gasteiger partial charge in [0.25, 0.3) is 5.91 Å². The largest absolute Gasteiger partial charge is 0.481 e. The van der Waals surface area contributed by atoms with E-state index in [0.29, 0.717) is 11.3 Å². The second kappa shape index (κ2) is 7.82. The maximum atomic E-state index is 12.6. The van der Waals surface area contributed by atoms with Gasteiger partial charge in [-0.2, -0.15) is 0 Å². The number of rotatable bonds is 7. The van der Waals surface area contributed by atoms with E-state index < -0.39 is 12.0 Å². The lowest BCUT2D eigenvalue weighted by Gasteiger charge is -2.18. The van der Waals surface area contributed by atoms with Gasteiger partial charge in [0.1, 0.15) is 0 Å². The summed E-state index contributed by atoms with van der Waals surface area (Å²) in [5.41, 5.74) is 1.65. The molecular formula is C20H20N2O4. The van der Waals surface area contributed by atoms with Crippen LogP contribution in [0.1, 0.15) is 41.2 Å². The fourth-order valence-corrected chi connectivity index (χ4v) is 2.68. The lowest BCUT2D eigenvalue weighted by Crippen LogP contribution is -2.30. The van der Waals surface area contributed by atoms with E-state index in [9.17, 15) is 14.4 Å². The smallest absolute Gasteiger partial charge is 0.305 e. The van der Waals surface area contributed by atoms with Crippen molar-refractivity contribution in [3.8, 4) is 0 Å². The van der Waals surface area contributed by atoms with Gasteiger partial charge >= 0.3 is 5.97 Å². The van der Waals surface area contributed by atoms with E-state index >= 15 is 0 Å². The summed E-state index contributed by atoms with van der Waals surface area (Å²) in [4.78, 5) is 35.6. The van der Waals surface area contributed by atoms with Crippen molar-refractivity contribution < 1.29 is 19.5 Å². The number of carbonyl (C=O) groups excluding carboxylic acids is 2. The minimum Gasteiger partial charge on any atom is -0.481 e. The first-order chi connectivity index (χ1) is 12.5. The van der Waals surface area contributed by atoms with Crippen molar-refractivity contribution in [1.82, 2.24) is 5.32 Å². The van der Waals surface area contributed by atoms with Crippen LogP contribution in [0.2, 0.25) is 0 Å². The maximum absolute atomic E-state index is 12.6. The summed E-state index contributed by atoms with van der Waals surface area (Å²) < 4.78 is 0. The molecule has 1 saturated carbocycles. The Hall–Kier alpha value is -3.15. The Morgan fingerprint density at radius 2 is 1.77 bits per heavy atom. The molecule has 1 aliphatic carbocycles. The number of carboxylic acids is 1. The maximum Gasteiger partial charge on any atom is 0.305 e. The van der Waals surface area contributed by atoms with Gasteiger partial charge in [-0.3, -0.25) is 14.4 Å². The van der Waals surface area contributed by atoms with E-state index in [4.69, 9.17) is 5.11 Å². The first-order valence-corrected chi connectivity index (χ1v) is 8.51. The van der Waals surface area contributed by atoms with Crippen LogP contribution in [0.3, 0.4) is 0 Å². The molecule has 1 fully saturated rings. The van der Waals surface area contributed by atoms with Gasteiger partial charge in [-0.05, 0) is 36.6 Å². The Balaban J connectivity index is 1.72. The van der Waals surface area contributed by atoms with Gasteiger partial charge in [0.2, 0.25) is 5.91 Å². The van der Waals surface area contributed by atoms with Crippen LogP contribution in [0.5, 0.6) is 0 Å². The molecule has 134 valence electrons. The van der Waals surface area contributed by atoms with Gasteiger partial charge in [-0.25, -0.2) is 0 Å². The van der Waals surface area contributed by atoms with Crippen molar-refractivity contribution in [2.45, 2.75) is 25.3 Å². The molecule has 3 N–H and O–H groups in total. The highest BCUT2D eigenvalue weighted by molar-refractivity contribution is 5.98. The molecule has 2 aromatic rings. The highest BCUT2D eigenvalue weighted by Gasteiger charge is 2.29. The number of hydrogen-bond donors (Lipinski definition) is 3. The third kappa shape index (κ3) is 4.69. The first kappa shape index (κ1) is 17.7. The van der Waals surface area contributed by atoms with Gasteiger partial charge in [0.15, 0.2) is 0 Å². The van der Waals surface area contributed by atoms with Crippen LogP contribution in [0.15, 0.2) is 54.6 Å². The number of aliphatic carboxylic acids is 1. The number of amides is 2. The second-order valence-corrected chi connectivity index (χ2v) is 6.38. The van der Waals surface area contributed by atoms with Crippen molar-refractivity contribution in [3.63, 3.8) is 0 Å². The minimum atomic E-state index is -0.996. The molecule has 0 aromatic heterocycles. The Morgan fingerprint density at radius 3 is 2.42 bits per heavy atom. The van der Waals surface area contributed by atoms with Crippen LogP contribution in [0.25, 0.3) is 0 Å². The molecule has 2 aromatic carbocycles. The van der Waals surface area contributed by atoms with Gasteiger partial charge in [0, 0.05) is 17.2 Å². The van der Waals surface area contributed by atoms with Crippen LogP contribution in [0, 0.1) is 5.92 Å². The molecule has 3 rings (SSSR count). The van der Waals surface area contributed by atoms with E-state index in [1.807, 2.05) is 6.07 Å². The van der Waals surface area contributed by atoms with Crippen molar-refractivity contribution >= 4 is 23.5 Å². The van der Waals surface area contributed by atoms with Crippen molar-refractivity contribution in [2.24, 2.45) is 5.92 Å². The van der Waals surface area contributed by atoms with Gasteiger partial charge in [0.05, 0.1) is 12.5 Å². The molecule has 0 aliphatic heterocycles. The highest BCUT2D eigenvalue weighted by atomic mass is 16.4. The van der Waals surface area contributed by atoms with Crippen LogP contribution in [0.4, 0.5) is 5.69 Å². The predicted octanol–water partition coefficient (Wildman–Crippen LogP) is 2.98. The van der Waals surface area contributed by atoms with Crippen LogP contribution < -0.4 is 10.6 Å². The molecule has 26 heavy (non-hydrogen) atoms. The molecule has 0 saturated heterocycles. The summed E-state index contributed by atoms with van der Waals surface area (Å²) in [6, 6.07) is 15.0. The van der Waals surface area contributed by atoms with Gasteiger partial charge in [-0.15, -0.1) is 0 Å². The number of anilines is 1. The molecule has 0 spiro atoms. The Kier molecular flexibility index (Phi) is 5.31. The summed E-state index contributed by atoms with van der Waals surface area (Å²) in [6.07, 6.45) is 1.59. The van der Waals surface area contributed by atoms with Crippen LogP contribution in [-0.4, -0.2) is 22.9 Å². The van der Waals surface area contributed by atoms with Gasteiger partial charge in [-0.1, -0.05) is 36.4 Å². The lowest BCUT2D eigenvalue weighted by molar-refractivity contribution is -0.137. The highest BCUT2D eigenvalue weighted by Crippen LogP contribution is 2.30. The number of carbonyl (C=O) groups is 3. The molecule has 2 amide bonds. The van der Waals surface area contributed by atoms with Crippen molar-refractivity contribution in [1.29, 1.82) is 0 Å². The Labute approximate surface area is 151 Å². The van der Waals surface area contributed by atoms with Crippen LogP contribution in [-0.2, 0) is 9.59 Å². The molecule has 0 radical (unpaired) electrons.